The van der Waals surface area contributed by atoms with Crippen LogP contribution >= 0.6 is 0 Å². The number of nitrogens with zero attached hydrogens (tertiary/aromatic N) is 2. The van der Waals surface area contributed by atoms with E-state index in [1.807, 2.05) is 41.6 Å². The van der Waals surface area contributed by atoms with Crippen molar-refractivity contribution in [1.82, 2.24) is 4.90 Å². The average Bonchev–Trinajstić information content (AvgIpc) is 2.40. The molecule has 2 rings (SSSR count). The minimum absolute atomic E-state index is 0.142. The number of rotatable bonds is 2. The van der Waals surface area contributed by atoms with E-state index >= 15 is 0 Å². The first-order valence-electron chi connectivity index (χ1n) is 4.58. The molecule has 1 aromatic rings. The van der Waals surface area contributed by atoms with Crippen molar-refractivity contribution in [2.75, 3.05) is 13.2 Å². The SMILES string of the molecule is OCCN1C=CN=c2ccccc2=C1. The van der Waals surface area contributed by atoms with Crippen LogP contribution in [0.3, 0.4) is 0 Å². The molecule has 1 N–H and O–H groups in total. The summed E-state index contributed by atoms with van der Waals surface area (Å²) >= 11 is 0. The smallest absolute Gasteiger partial charge is 0.0717 e. The molecule has 0 aromatic heterocycles. The van der Waals surface area contributed by atoms with Crippen LogP contribution in [-0.2, 0) is 0 Å². The molecule has 0 atom stereocenters. The molecule has 3 nitrogen and oxygen atoms in total. The molecule has 0 spiro atoms. The standard InChI is InChI=1S/C11H12N2O/c14-8-7-13-6-5-12-11-4-2-1-3-10(11)9-13/h1-6,9,14H,7-8H2. The van der Waals surface area contributed by atoms with Crippen LogP contribution in [-0.4, -0.2) is 23.2 Å². The fourth-order valence-corrected chi connectivity index (χ4v) is 1.39. The van der Waals surface area contributed by atoms with Crippen LogP contribution < -0.4 is 10.6 Å². The quantitative estimate of drug-likeness (QED) is 0.699. The molecule has 0 radical (unpaired) electrons. The molecule has 14 heavy (non-hydrogen) atoms. The minimum Gasteiger partial charge on any atom is -0.395 e. The third kappa shape index (κ3) is 1.83. The normalized spacial score (nSPS) is 13.9. The topological polar surface area (TPSA) is 35.8 Å². The van der Waals surface area contributed by atoms with Gasteiger partial charge in [0.15, 0.2) is 0 Å². The number of benzene rings is 1. The molecule has 0 amide bonds. The predicted octanol–water partition coefficient (Wildman–Crippen LogP) is -0.177. The van der Waals surface area contributed by atoms with E-state index in [-0.39, 0.29) is 6.61 Å². The van der Waals surface area contributed by atoms with E-state index in [0.29, 0.717) is 6.54 Å². The highest BCUT2D eigenvalue weighted by molar-refractivity contribution is 5.25. The summed E-state index contributed by atoms with van der Waals surface area (Å²) in [5.74, 6) is 0. The van der Waals surface area contributed by atoms with Crippen molar-refractivity contribution in [2.24, 2.45) is 4.99 Å². The molecule has 72 valence electrons. The molecular formula is C11H12N2O. The van der Waals surface area contributed by atoms with Gasteiger partial charge in [-0.15, -0.1) is 0 Å². The van der Waals surface area contributed by atoms with Crippen LogP contribution in [0, 0.1) is 0 Å². The molecule has 1 aliphatic rings. The number of hydrogen-bond acceptors (Lipinski definition) is 3. The highest BCUT2D eigenvalue weighted by Crippen LogP contribution is 1.92. The number of fused-ring (bicyclic) bond motifs is 1. The summed E-state index contributed by atoms with van der Waals surface area (Å²) in [7, 11) is 0. The van der Waals surface area contributed by atoms with Crippen LogP contribution in [0.25, 0.3) is 6.20 Å². The Kier molecular flexibility index (Phi) is 2.60. The summed E-state index contributed by atoms with van der Waals surface area (Å²) in [5.41, 5.74) is 0. The van der Waals surface area contributed by atoms with E-state index in [2.05, 4.69) is 4.99 Å². The third-order valence-corrected chi connectivity index (χ3v) is 2.07. The lowest BCUT2D eigenvalue weighted by atomic mass is 10.3. The van der Waals surface area contributed by atoms with E-state index in [4.69, 9.17) is 5.11 Å². The van der Waals surface area contributed by atoms with Crippen molar-refractivity contribution in [3.05, 3.63) is 47.2 Å². The van der Waals surface area contributed by atoms with Gasteiger partial charge in [-0.25, -0.2) is 0 Å². The average molecular weight is 188 g/mol. The second kappa shape index (κ2) is 4.07. The lowest BCUT2D eigenvalue weighted by Gasteiger charge is -2.11. The molecule has 0 unspecified atom stereocenters. The van der Waals surface area contributed by atoms with Crippen molar-refractivity contribution < 1.29 is 5.11 Å². The monoisotopic (exact) mass is 188 g/mol. The first kappa shape index (κ1) is 8.97. The van der Waals surface area contributed by atoms with Gasteiger partial charge in [0.1, 0.15) is 0 Å². The Bertz CT molecular complexity index is 451. The van der Waals surface area contributed by atoms with Gasteiger partial charge in [-0.05, 0) is 6.07 Å². The molecule has 0 fully saturated rings. The van der Waals surface area contributed by atoms with Crippen LogP contribution in [0.15, 0.2) is 41.7 Å². The minimum atomic E-state index is 0.142. The van der Waals surface area contributed by atoms with Gasteiger partial charge in [-0.1, -0.05) is 18.2 Å². The van der Waals surface area contributed by atoms with E-state index in [9.17, 15) is 0 Å². The maximum atomic E-state index is 8.83. The van der Waals surface area contributed by atoms with Gasteiger partial charge in [-0.3, -0.25) is 4.99 Å². The maximum Gasteiger partial charge on any atom is 0.0717 e. The molecule has 0 bridgehead atoms. The molecule has 0 aliphatic carbocycles. The third-order valence-electron chi connectivity index (χ3n) is 2.07. The molecule has 0 saturated heterocycles. The van der Waals surface area contributed by atoms with E-state index < -0.39 is 0 Å². The summed E-state index contributed by atoms with van der Waals surface area (Å²) < 4.78 is 0. The summed E-state index contributed by atoms with van der Waals surface area (Å²) in [5, 5.41) is 10.9. The van der Waals surface area contributed by atoms with Gasteiger partial charge in [0.2, 0.25) is 0 Å². The van der Waals surface area contributed by atoms with Crippen LogP contribution in [0.1, 0.15) is 0 Å². The zero-order chi connectivity index (χ0) is 9.80. The summed E-state index contributed by atoms with van der Waals surface area (Å²) in [4.78, 5) is 6.21. The van der Waals surface area contributed by atoms with Crippen molar-refractivity contribution in [3.8, 4) is 0 Å². The van der Waals surface area contributed by atoms with Crippen molar-refractivity contribution in [1.29, 1.82) is 0 Å². The number of aliphatic hydroxyl groups is 1. The largest absolute Gasteiger partial charge is 0.395 e. The molecule has 1 aromatic carbocycles. The number of hydrogen-bond donors (Lipinski definition) is 1. The first-order chi connectivity index (χ1) is 6.90. The Morgan fingerprint density at radius 2 is 2.14 bits per heavy atom. The Labute approximate surface area is 82.3 Å². The van der Waals surface area contributed by atoms with Crippen molar-refractivity contribution in [2.45, 2.75) is 0 Å². The van der Waals surface area contributed by atoms with Crippen LogP contribution in [0.2, 0.25) is 0 Å². The second-order valence-electron chi connectivity index (χ2n) is 3.08. The molecular weight excluding hydrogens is 176 g/mol. The lowest BCUT2D eigenvalue weighted by Crippen LogP contribution is -2.26. The summed E-state index contributed by atoms with van der Waals surface area (Å²) in [6, 6.07) is 7.92. The van der Waals surface area contributed by atoms with Crippen LogP contribution in [0.5, 0.6) is 0 Å². The van der Waals surface area contributed by atoms with E-state index in [0.717, 1.165) is 10.6 Å². The fourth-order valence-electron chi connectivity index (χ4n) is 1.39. The van der Waals surface area contributed by atoms with Gasteiger partial charge >= 0.3 is 0 Å². The summed E-state index contributed by atoms with van der Waals surface area (Å²) in [6.45, 7) is 0.739. The maximum absolute atomic E-state index is 8.83. The summed E-state index contributed by atoms with van der Waals surface area (Å²) in [6.07, 6.45) is 5.59. The van der Waals surface area contributed by atoms with Crippen molar-refractivity contribution >= 4 is 6.20 Å². The zero-order valence-electron chi connectivity index (χ0n) is 7.80. The number of aliphatic hydroxyl groups excluding tert-OH is 1. The lowest BCUT2D eigenvalue weighted by molar-refractivity contribution is 0.269. The van der Waals surface area contributed by atoms with Gasteiger partial charge in [0, 0.05) is 30.4 Å². The van der Waals surface area contributed by atoms with Gasteiger partial charge in [-0.2, -0.15) is 0 Å². The molecule has 3 heteroatoms. The molecule has 0 saturated carbocycles. The van der Waals surface area contributed by atoms with E-state index in [1.54, 1.807) is 6.20 Å². The Balaban J connectivity index is 2.47. The second-order valence-corrected chi connectivity index (χ2v) is 3.08. The molecule has 1 heterocycles. The number of β-amino-alcohol motifs (C(OH)–C–C–N with tert-alkyl or cyclic N) is 1. The highest BCUT2D eigenvalue weighted by atomic mass is 16.3. The first-order valence-corrected chi connectivity index (χ1v) is 4.58. The number of para-hydroxylation sites is 1. The zero-order valence-corrected chi connectivity index (χ0v) is 7.80. The van der Waals surface area contributed by atoms with Crippen LogP contribution in [0.4, 0.5) is 0 Å². The Morgan fingerprint density at radius 3 is 3.00 bits per heavy atom. The Morgan fingerprint density at radius 1 is 1.29 bits per heavy atom. The molecule has 1 aliphatic heterocycles. The predicted molar refractivity (Wildman–Crippen MR) is 54.6 cm³/mol. The highest BCUT2D eigenvalue weighted by Gasteiger charge is 1.96. The Hall–Kier alpha value is -1.61. The van der Waals surface area contributed by atoms with Gasteiger partial charge in [0.25, 0.3) is 0 Å². The van der Waals surface area contributed by atoms with Crippen molar-refractivity contribution in [3.63, 3.8) is 0 Å². The fraction of sp³-hybridized carbons (Fsp3) is 0.182. The van der Waals surface area contributed by atoms with Gasteiger partial charge < -0.3 is 10.0 Å². The van der Waals surface area contributed by atoms with Gasteiger partial charge in [0.05, 0.1) is 12.0 Å². The van der Waals surface area contributed by atoms with E-state index in [1.165, 1.54) is 0 Å².